The lowest BCUT2D eigenvalue weighted by Gasteiger charge is -2.39. The van der Waals surface area contributed by atoms with Crippen LogP contribution >= 0.6 is 0 Å². The Balaban J connectivity index is 2.25. The van der Waals surface area contributed by atoms with Gasteiger partial charge >= 0.3 is 0 Å². The predicted molar refractivity (Wildman–Crippen MR) is 59.6 cm³/mol. The summed E-state index contributed by atoms with van der Waals surface area (Å²) in [5.74, 6) is 0. The van der Waals surface area contributed by atoms with Crippen LogP contribution in [0.5, 0.6) is 0 Å². The molecule has 1 unspecified atom stereocenters. The molecule has 0 aromatic rings. The van der Waals surface area contributed by atoms with Crippen molar-refractivity contribution in [1.29, 1.82) is 0 Å². The third-order valence-corrected chi connectivity index (χ3v) is 3.09. The van der Waals surface area contributed by atoms with Crippen LogP contribution in [0.2, 0.25) is 0 Å². The van der Waals surface area contributed by atoms with Crippen molar-refractivity contribution in [3.63, 3.8) is 0 Å². The van der Waals surface area contributed by atoms with Crippen LogP contribution in [0.25, 0.3) is 0 Å². The highest BCUT2D eigenvalue weighted by atomic mass is 16.5. The molecular weight excluding hydrogens is 176 g/mol. The summed E-state index contributed by atoms with van der Waals surface area (Å²) < 4.78 is 5.55. The van der Waals surface area contributed by atoms with Crippen molar-refractivity contribution >= 4 is 0 Å². The van der Waals surface area contributed by atoms with Gasteiger partial charge in [-0.25, -0.2) is 0 Å². The maximum Gasteiger partial charge on any atom is 0.0777 e. The van der Waals surface area contributed by atoms with E-state index in [4.69, 9.17) is 4.74 Å². The van der Waals surface area contributed by atoms with Crippen molar-refractivity contribution < 1.29 is 4.74 Å². The molecule has 1 heterocycles. The van der Waals surface area contributed by atoms with Crippen LogP contribution in [0, 0.1) is 0 Å². The first kappa shape index (κ1) is 12.0. The Morgan fingerprint density at radius 1 is 1.50 bits per heavy atom. The van der Waals surface area contributed by atoms with Gasteiger partial charge in [0.15, 0.2) is 0 Å². The summed E-state index contributed by atoms with van der Waals surface area (Å²) in [4.78, 5) is 2.50. The number of hydrogen-bond donors (Lipinski definition) is 1. The largest absolute Gasteiger partial charge is 0.377 e. The molecule has 1 fully saturated rings. The van der Waals surface area contributed by atoms with Gasteiger partial charge in [-0.2, -0.15) is 0 Å². The molecule has 1 atom stereocenters. The molecule has 0 aromatic heterocycles. The Labute approximate surface area is 87.8 Å². The number of likely N-dealkylation sites (N-methyl/N-ethyl adjacent to an activating group) is 1. The third-order valence-electron chi connectivity index (χ3n) is 3.09. The maximum absolute atomic E-state index is 5.55. The van der Waals surface area contributed by atoms with Gasteiger partial charge in [0, 0.05) is 26.7 Å². The Morgan fingerprint density at radius 3 is 2.93 bits per heavy atom. The number of hydrogen-bond acceptors (Lipinski definition) is 3. The average Bonchev–Trinajstić information content (AvgIpc) is 2.19. The smallest absolute Gasteiger partial charge is 0.0777 e. The molecule has 0 aromatic carbocycles. The third kappa shape index (κ3) is 3.56. The Kier molecular flexibility index (Phi) is 4.85. The summed E-state index contributed by atoms with van der Waals surface area (Å²) >= 11 is 0. The van der Waals surface area contributed by atoms with E-state index in [9.17, 15) is 0 Å². The molecule has 1 aliphatic heterocycles. The number of nitrogens with zero attached hydrogens (tertiary/aromatic N) is 1. The molecule has 0 saturated carbocycles. The second kappa shape index (κ2) is 5.69. The molecule has 1 rings (SSSR count). The molecule has 1 N–H and O–H groups in total. The summed E-state index contributed by atoms with van der Waals surface area (Å²) in [6.07, 6.45) is 2.46. The summed E-state index contributed by atoms with van der Waals surface area (Å²) in [6.45, 7) is 9.97. The van der Waals surface area contributed by atoms with E-state index in [2.05, 4.69) is 24.1 Å². The Morgan fingerprint density at radius 2 is 2.29 bits per heavy atom. The topological polar surface area (TPSA) is 24.5 Å². The van der Waals surface area contributed by atoms with Crippen LogP contribution in [-0.2, 0) is 4.74 Å². The zero-order valence-corrected chi connectivity index (χ0v) is 9.81. The van der Waals surface area contributed by atoms with E-state index >= 15 is 0 Å². The first-order valence-corrected chi connectivity index (χ1v) is 5.68. The van der Waals surface area contributed by atoms with E-state index in [1.807, 2.05) is 7.11 Å². The number of nitrogens with one attached hydrogen (secondary N) is 1. The summed E-state index contributed by atoms with van der Waals surface area (Å²) in [7, 11) is 1.83. The first-order chi connectivity index (χ1) is 6.70. The van der Waals surface area contributed by atoms with Crippen molar-refractivity contribution in [1.82, 2.24) is 10.2 Å². The van der Waals surface area contributed by atoms with Gasteiger partial charge in [-0.05, 0) is 32.9 Å². The lowest BCUT2D eigenvalue weighted by atomic mass is 9.95. The summed E-state index contributed by atoms with van der Waals surface area (Å²) in [5, 5.41) is 3.36. The van der Waals surface area contributed by atoms with Gasteiger partial charge in [-0.3, -0.25) is 4.90 Å². The van der Waals surface area contributed by atoms with Crippen molar-refractivity contribution in [2.24, 2.45) is 0 Å². The molecule has 1 saturated heterocycles. The van der Waals surface area contributed by atoms with E-state index in [1.54, 1.807) is 0 Å². The number of piperidine rings is 1. The van der Waals surface area contributed by atoms with Crippen LogP contribution in [0.4, 0.5) is 0 Å². The lowest BCUT2D eigenvalue weighted by Crippen LogP contribution is -2.48. The minimum Gasteiger partial charge on any atom is -0.377 e. The van der Waals surface area contributed by atoms with Crippen LogP contribution in [-0.4, -0.2) is 50.3 Å². The van der Waals surface area contributed by atoms with Gasteiger partial charge in [-0.15, -0.1) is 0 Å². The number of ether oxygens (including phenoxy) is 1. The molecule has 0 spiro atoms. The van der Waals surface area contributed by atoms with Crippen LogP contribution in [0.3, 0.4) is 0 Å². The first-order valence-electron chi connectivity index (χ1n) is 5.68. The highest BCUT2D eigenvalue weighted by Gasteiger charge is 2.30. The van der Waals surface area contributed by atoms with Crippen LogP contribution < -0.4 is 5.32 Å². The predicted octanol–water partition coefficient (Wildman–Crippen LogP) is 1.10. The van der Waals surface area contributed by atoms with Gasteiger partial charge in [0.2, 0.25) is 0 Å². The van der Waals surface area contributed by atoms with E-state index in [0.717, 1.165) is 26.2 Å². The van der Waals surface area contributed by atoms with E-state index in [1.165, 1.54) is 19.4 Å². The normalized spacial score (nSPS) is 29.4. The van der Waals surface area contributed by atoms with Crippen molar-refractivity contribution in [2.75, 3.05) is 39.8 Å². The van der Waals surface area contributed by atoms with E-state index < -0.39 is 0 Å². The molecule has 84 valence electrons. The molecule has 1 aliphatic rings. The van der Waals surface area contributed by atoms with Gasteiger partial charge in [0.25, 0.3) is 0 Å². The number of rotatable bonds is 5. The SMILES string of the molecule is CCNCCN1CCCC(C)(OC)C1. The quantitative estimate of drug-likeness (QED) is 0.673. The molecule has 0 radical (unpaired) electrons. The fourth-order valence-electron chi connectivity index (χ4n) is 2.08. The Hall–Kier alpha value is -0.120. The molecule has 0 aliphatic carbocycles. The molecular formula is C11H24N2O. The molecule has 14 heavy (non-hydrogen) atoms. The number of likely N-dealkylation sites (tertiary alicyclic amines) is 1. The molecule has 0 amide bonds. The summed E-state index contributed by atoms with van der Waals surface area (Å²) in [5.41, 5.74) is 0.0878. The average molecular weight is 200 g/mol. The van der Waals surface area contributed by atoms with Crippen molar-refractivity contribution in [3.05, 3.63) is 0 Å². The molecule has 0 bridgehead atoms. The van der Waals surface area contributed by atoms with Crippen molar-refractivity contribution in [2.45, 2.75) is 32.3 Å². The van der Waals surface area contributed by atoms with Gasteiger partial charge in [0.1, 0.15) is 0 Å². The molecule has 3 nitrogen and oxygen atoms in total. The zero-order valence-electron chi connectivity index (χ0n) is 9.81. The van der Waals surface area contributed by atoms with Gasteiger partial charge in [-0.1, -0.05) is 6.92 Å². The lowest BCUT2D eigenvalue weighted by molar-refractivity contribution is -0.0501. The van der Waals surface area contributed by atoms with E-state index in [-0.39, 0.29) is 5.60 Å². The van der Waals surface area contributed by atoms with Gasteiger partial charge in [0.05, 0.1) is 5.60 Å². The summed E-state index contributed by atoms with van der Waals surface area (Å²) in [6, 6.07) is 0. The number of methoxy groups -OCH3 is 1. The van der Waals surface area contributed by atoms with E-state index in [0.29, 0.717) is 0 Å². The minimum atomic E-state index is 0.0878. The highest BCUT2D eigenvalue weighted by molar-refractivity contribution is 4.84. The van der Waals surface area contributed by atoms with Crippen molar-refractivity contribution in [3.8, 4) is 0 Å². The minimum absolute atomic E-state index is 0.0878. The van der Waals surface area contributed by atoms with Gasteiger partial charge < -0.3 is 10.1 Å². The highest BCUT2D eigenvalue weighted by Crippen LogP contribution is 2.23. The second-order valence-electron chi connectivity index (χ2n) is 4.39. The maximum atomic E-state index is 5.55. The molecule has 3 heteroatoms. The zero-order chi connectivity index (χ0) is 10.4. The fraction of sp³-hybridized carbons (Fsp3) is 1.00. The fourth-order valence-corrected chi connectivity index (χ4v) is 2.08. The second-order valence-corrected chi connectivity index (χ2v) is 4.39. The Bertz CT molecular complexity index is 163. The van der Waals surface area contributed by atoms with Crippen LogP contribution in [0.1, 0.15) is 26.7 Å². The standard InChI is InChI=1S/C11H24N2O/c1-4-12-7-9-13-8-5-6-11(2,10-13)14-3/h12H,4-10H2,1-3H3. The monoisotopic (exact) mass is 200 g/mol. The van der Waals surface area contributed by atoms with Crippen LogP contribution in [0.15, 0.2) is 0 Å².